The van der Waals surface area contributed by atoms with Gasteiger partial charge in [0.2, 0.25) is 10.0 Å². The van der Waals surface area contributed by atoms with Gasteiger partial charge in [-0.15, -0.1) is 0 Å². The highest BCUT2D eigenvalue weighted by molar-refractivity contribution is 9.10. The molecular weight excluding hydrogens is 347 g/mol. The molecule has 112 valence electrons. The number of nitrogens with zero attached hydrogens (tertiary/aromatic N) is 1. The van der Waals surface area contributed by atoms with Crippen LogP contribution in [0.25, 0.3) is 0 Å². The Labute approximate surface area is 127 Å². The van der Waals surface area contributed by atoms with Crippen LogP contribution >= 0.6 is 15.9 Å². The van der Waals surface area contributed by atoms with E-state index in [0.29, 0.717) is 11.0 Å². The summed E-state index contributed by atoms with van der Waals surface area (Å²) in [6, 6.07) is 3.72. The lowest BCUT2D eigenvalue weighted by Crippen LogP contribution is -2.51. The summed E-state index contributed by atoms with van der Waals surface area (Å²) in [5.74, 6) is -0.560. The summed E-state index contributed by atoms with van der Waals surface area (Å²) in [6.07, 6.45) is 1.71. The second kappa shape index (κ2) is 6.09. The molecule has 0 saturated carbocycles. The summed E-state index contributed by atoms with van der Waals surface area (Å²) in [6.45, 7) is 2.62. The van der Waals surface area contributed by atoms with Crippen LogP contribution in [-0.2, 0) is 10.0 Å². The molecule has 1 saturated heterocycles. The van der Waals surface area contributed by atoms with Crippen LogP contribution in [0.4, 0.5) is 4.39 Å². The van der Waals surface area contributed by atoms with Crippen molar-refractivity contribution in [3.05, 3.63) is 28.5 Å². The second-order valence-corrected chi connectivity index (χ2v) is 7.89. The summed E-state index contributed by atoms with van der Waals surface area (Å²) in [4.78, 5) is -0.284. The van der Waals surface area contributed by atoms with E-state index in [-0.39, 0.29) is 23.4 Å². The molecule has 0 aromatic heterocycles. The Balaban J connectivity index is 2.43. The minimum absolute atomic E-state index is 0.182. The standard InChI is InChI=1S/C13H18BrFN2O2S/c1-9-3-2-6-17(12(9)8-16)20(18,19)13-5-4-10(14)7-11(13)15/h4-5,7,9,12H,2-3,6,8,16H2,1H3. The number of rotatable bonds is 3. The maximum atomic E-state index is 14.0. The Bertz CT molecular complexity index is 594. The van der Waals surface area contributed by atoms with Crippen LogP contribution in [0.5, 0.6) is 0 Å². The number of benzene rings is 1. The van der Waals surface area contributed by atoms with E-state index in [1.807, 2.05) is 6.92 Å². The molecule has 2 rings (SSSR count). The minimum atomic E-state index is -3.85. The molecule has 0 bridgehead atoms. The van der Waals surface area contributed by atoms with Crippen molar-refractivity contribution in [2.24, 2.45) is 11.7 Å². The van der Waals surface area contributed by atoms with Crippen LogP contribution in [0.1, 0.15) is 19.8 Å². The number of nitrogens with two attached hydrogens (primary N) is 1. The zero-order chi connectivity index (χ0) is 14.9. The molecule has 1 aromatic carbocycles. The van der Waals surface area contributed by atoms with Crippen LogP contribution < -0.4 is 5.73 Å². The highest BCUT2D eigenvalue weighted by Gasteiger charge is 2.37. The fourth-order valence-corrected chi connectivity index (χ4v) is 4.82. The van der Waals surface area contributed by atoms with Crippen LogP contribution in [-0.4, -0.2) is 31.9 Å². The normalized spacial score (nSPS) is 24.8. The number of hydrogen-bond donors (Lipinski definition) is 1. The van der Waals surface area contributed by atoms with Crippen molar-refractivity contribution in [2.45, 2.75) is 30.7 Å². The van der Waals surface area contributed by atoms with Gasteiger partial charge < -0.3 is 5.73 Å². The third kappa shape index (κ3) is 2.90. The van der Waals surface area contributed by atoms with Crippen molar-refractivity contribution in [1.29, 1.82) is 0 Å². The predicted octanol–water partition coefficient (Wildman–Crippen LogP) is 2.34. The largest absolute Gasteiger partial charge is 0.329 e. The van der Waals surface area contributed by atoms with E-state index in [4.69, 9.17) is 5.73 Å². The molecule has 2 unspecified atom stereocenters. The Hall–Kier alpha value is -0.500. The van der Waals surface area contributed by atoms with Gasteiger partial charge >= 0.3 is 0 Å². The van der Waals surface area contributed by atoms with Gasteiger partial charge in [-0.25, -0.2) is 12.8 Å². The number of piperidine rings is 1. The van der Waals surface area contributed by atoms with E-state index in [9.17, 15) is 12.8 Å². The van der Waals surface area contributed by atoms with Crippen molar-refractivity contribution in [2.75, 3.05) is 13.1 Å². The van der Waals surface area contributed by atoms with Gasteiger partial charge in [-0.3, -0.25) is 0 Å². The van der Waals surface area contributed by atoms with E-state index in [1.54, 1.807) is 0 Å². The molecule has 0 amide bonds. The van der Waals surface area contributed by atoms with E-state index in [0.717, 1.165) is 18.9 Å². The summed E-state index contributed by atoms with van der Waals surface area (Å²) >= 11 is 3.13. The Morgan fingerprint density at radius 3 is 2.80 bits per heavy atom. The van der Waals surface area contributed by atoms with Crippen molar-refractivity contribution in [3.8, 4) is 0 Å². The molecular formula is C13H18BrFN2O2S. The summed E-state index contributed by atoms with van der Waals surface area (Å²) in [5.41, 5.74) is 5.71. The number of halogens is 2. The van der Waals surface area contributed by atoms with Crippen molar-refractivity contribution in [1.82, 2.24) is 4.31 Å². The molecule has 1 aliphatic rings. The van der Waals surface area contributed by atoms with Crippen LogP contribution in [0.2, 0.25) is 0 Å². The molecule has 1 fully saturated rings. The second-order valence-electron chi connectivity index (χ2n) is 5.11. The van der Waals surface area contributed by atoms with Gasteiger partial charge in [0.05, 0.1) is 0 Å². The van der Waals surface area contributed by atoms with E-state index < -0.39 is 15.8 Å². The first-order valence-electron chi connectivity index (χ1n) is 6.55. The lowest BCUT2D eigenvalue weighted by atomic mass is 9.93. The fourth-order valence-electron chi connectivity index (χ4n) is 2.67. The molecule has 1 aromatic rings. The first-order valence-corrected chi connectivity index (χ1v) is 8.78. The smallest absolute Gasteiger partial charge is 0.246 e. The number of sulfonamides is 1. The molecule has 20 heavy (non-hydrogen) atoms. The predicted molar refractivity (Wildman–Crippen MR) is 79.2 cm³/mol. The van der Waals surface area contributed by atoms with Gasteiger partial charge in [-0.1, -0.05) is 22.9 Å². The van der Waals surface area contributed by atoms with Crippen molar-refractivity contribution >= 4 is 26.0 Å². The number of hydrogen-bond acceptors (Lipinski definition) is 3. The van der Waals surface area contributed by atoms with E-state index >= 15 is 0 Å². The van der Waals surface area contributed by atoms with Crippen molar-refractivity contribution in [3.63, 3.8) is 0 Å². The quantitative estimate of drug-likeness (QED) is 0.894. The van der Waals surface area contributed by atoms with Crippen LogP contribution in [0, 0.1) is 11.7 Å². The summed E-state index contributed by atoms with van der Waals surface area (Å²) in [5, 5.41) is 0. The van der Waals surface area contributed by atoms with E-state index in [2.05, 4.69) is 15.9 Å². The van der Waals surface area contributed by atoms with Crippen molar-refractivity contribution < 1.29 is 12.8 Å². The molecule has 0 radical (unpaired) electrons. The van der Waals surface area contributed by atoms with Gasteiger partial charge in [-0.2, -0.15) is 4.31 Å². The monoisotopic (exact) mass is 364 g/mol. The highest BCUT2D eigenvalue weighted by Crippen LogP contribution is 2.30. The molecule has 2 N–H and O–H groups in total. The SMILES string of the molecule is CC1CCCN(S(=O)(=O)c2ccc(Br)cc2F)C1CN. The maximum Gasteiger partial charge on any atom is 0.246 e. The molecule has 0 spiro atoms. The van der Waals surface area contributed by atoms with E-state index in [1.165, 1.54) is 16.4 Å². The topological polar surface area (TPSA) is 63.4 Å². The average molecular weight is 365 g/mol. The Morgan fingerprint density at radius 1 is 1.50 bits per heavy atom. The first-order chi connectivity index (χ1) is 9.37. The lowest BCUT2D eigenvalue weighted by Gasteiger charge is -2.38. The molecule has 0 aliphatic carbocycles. The van der Waals surface area contributed by atoms with Crippen LogP contribution in [0.3, 0.4) is 0 Å². The van der Waals surface area contributed by atoms with Gasteiger partial charge in [0.1, 0.15) is 10.7 Å². The van der Waals surface area contributed by atoms with Gasteiger partial charge in [-0.05, 0) is 37.0 Å². The zero-order valence-corrected chi connectivity index (χ0v) is 13.6. The average Bonchev–Trinajstić information content (AvgIpc) is 2.37. The molecule has 1 heterocycles. The Kier molecular flexibility index (Phi) is 4.84. The van der Waals surface area contributed by atoms with Crippen LogP contribution in [0.15, 0.2) is 27.6 Å². The summed E-state index contributed by atoms with van der Waals surface area (Å²) in [7, 11) is -3.85. The molecule has 1 aliphatic heterocycles. The van der Waals surface area contributed by atoms with Gasteiger partial charge in [0, 0.05) is 23.6 Å². The Morgan fingerprint density at radius 2 is 2.20 bits per heavy atom. The molecule has 7 heteroatoms. The summed E-state index contributed by atoms with van der Waals surface area (Å²) < 4.78 is 41.1. The van der Waals surface area contributed by atoms with Gasteiger partial charge in [0.25, 0.3) is 0 Å². The minimum Gasteiger partial charge on any atom is -0.329 e. The third-order valence-corrected chi connectivity index (χ3v) is 6.24. The first kappa shape index (κ1) is 15.9. The maximum absolute atomic E-state index is 14.0. The molecule has 4 nitrogen and oxygen atoms in total. The fraction of sp³-hybridized carbons (Fsp3) is 0.538. The molecule has 2 atom stereocenters. The highest BCUT2D eigenvalue weighted by atomic mass is 79.9. The zero-order valence-electron chi connectivity index (χ0n) is 11.2. The third-order valence-electron chi connectivity index (χ3n) is 3.79. The lowest BCUT2D eigenvalue weighted by molar-refractivity contribution is 0.192. The van der Waals surface area contributed by atoms with Gasteiger partial charge in [0.15, 0.2) is 0 Å².